The third-order valence-electron chi connectivity index (χ3n) is 11.5. The molecule has 0 unspecified atom stereocenters. The van der Waals surface area contributed by atoms with Gasteiger partial charge in [0.25, 0.3) is 17.7 Å². The third-order valence-corrected chi connectivity index (χ3v) is 11.5. The highest BCUT2D eigenvalue weighted by Gasteiger charge is 2.23. The van der Waals surface area contributed by atoms with Crippen LogP contribution >= 0.6 is 0 Å². The highest BCUT2D eigenvalue weighted by molar-refractivity contribution is 5.96. The summed E-state index contributed by atoms with van der Waals surface area (Å²) in [4.78, 5) is 86.5. The summed E-state index contributed by atoms with van der Waals surface area (Å²) in [6, 6.07) is 31.7. The smallest absolute Gasteiger partial charge is 0.271 e. The van der Waals surface area contributed by atoms with Crippen LogP contribution in [0, 0.1) is 10.1 Å². The summed E-state index contributed by atoms with van der Waals surface area (Å²) in [6.45, 7) is 0.639. The molecular formula is C55H65N7O14. The van der Waals surface area contributed by atoms with Gasteiger partial charge < -0.3 is 59.2 Å². The van der Waals surface area contributed by atoms with Crippen molar-refractivity contribution in [2.75, 3.05) is 46.0 Å². The number of aliphatic hydroxyl groups is 3. The van der Waals surface area contributed by atoms with Crippen molar-refractivity contribution in [1.82, 2.24) is 29.7 Å². The molecule has 0 aliphatic rings. The average molecular weight is 1050 g/mol. The Bertz CT molecular complexity index is 2840. The van der Waals surface area contributed by atoms with E-state index in [1.165, 1.54) is 50.5 Å². The molecule has 6 rings (SSSR count). The first-order valence-corrected chi connectivity index (χ1v) is 24.9. The number of nitrogens with zero attached hydrogens (tertiary/aromatic N) is 4. The number of carbonyl (C=O) groups excluding carboxylic acids is 3. The van der Waals surface area contributed by atoms with Crippen LogP contribution in [0.1, 0.15) is 86.7 Å². The number of amides is 3. The zero-order valence-corrected chi connectivity index (χ0v) is 42.2. The fourth-order valence-corrected chi connectivity index (χ4v) is 7.70. The first-order valence-electron chi connectivity index (χ1n) is 24.9. The summed E-state index contributed by atoms with van der Waals surface area (Å²) in [6.07, 6.45) is 8.45. The quantitative estimate of drug-likeness (QED) is 0.0211. The number of aliphatic hydroxyl groups excluding tert-OH is 3. The fraction of sp³-hybridized carbons (Fsp3) is 0.345. The zero-order chi connectivity index (χ0) is 54.5. The van der Waals surface area contributed by atoms with Crippen molar-refractivity contribution < 1.29 is 48.8 Å². The molecular weight excluding hydrogens is 983 g/mol. The first kappa shape index (κ1) is 58.5. The van der Waals surface area contributed by atoms with Gasteiger partial charge in [0.15, 0.2) is 34.3 Å². The van der Waals surface area contributed by atoms with Gasteiger partial charge in [-0.25, -0.2) is 0 Å². The lowest BCUT2D eigenvalue weighted by molar-refractivity contribution is -0.480. The van der Waals surface area contributed by atoms with E-state index in [0.29, 0.717) is 25.9 Å². The number of hydrogen-bond acceptors (Lipinski definition) is 14. The first-order chi connectivity index (χ1) is 36.9. The number of nitrogens with one attached hydrogen (secondary N) is 3. The van der Waals surface area contributed by atoms with E-state index in [4.69, 9.17) is 14.2 Å². The van der Waals surface area contributed by atoms with Crippen LogP contribution in [0.5, 0.6) is 17.2 Å². The van der Waals surface area contributed by atoms with Gasteiger partial charge in [0.1, 0.15) is 19.8 Å². The maximum Gasteiger partial charge on any atom is 0.271 e. The lowest BCUT2D eigenvalue weighted by Gasteiger charge is -2.17. The van der Waals surface area contributed by atoms with Gasteiger partial charge in [-0.05, 0) is 29.5 Å². The number of aromatic nitrogens is 3. The normalized spacial score (nSPS) is 10.7. The predicted molar refractivity (Wildman–Crippen MR) is 282 cm³/mol. The molecule has 21 nitrogen and oxygen atoms in total. The van der Waals surface area contributed by atoms with Gasteiger partial charge in [-0.1, -0.05) is 110 Å². The Kier molecular flexibility index (Phi) is 24.6. The summed E-state index contributed by atoms with van der Waals surface area (Å²) >= 11 is 0. The Balaban J connectivity index is 0.000000333. The maximum absolute atomic E-state index is 13.2. The molecule has 0 atom stereocenters. The van der Waals surface area contributed by atoms with Gasteiger partial charge in [-0.2, -0.15) is 0 Å². The highest BCUT2D eigenvalue weighted by atomic mass is 16.6. The van der Waals surface area contributed by atoms with Crippen LogP contribution in [0.3, 0.4) is 0 Å². The summed E-state index contributed by atoms with van der Waals surface area (Å²) < 4.78 is 21.7. The minimum absolute atomic E-state index is 0.0198. The minimum atomic E-state index is -0.590. The van der Waals surface area contributed by atoms with Crippen LogP contribution in [-0.4, -0.2) is 97.7 Å². The van der Waals surface area contributed by atoms with Crippen molar-refractivity contribution in [3.05, 3.63) is 202 Å². The number of hydrogen-bond donors (Lipinski definition) is 6. The molecule has 0 spiro atoms. The van der Waals surface area contributed by atoms with Crippen LogP contribution in [-0.2, 0) is 39.5 Å². The highest BCUT2D eigenvalue weighted by Crippen LogP contribution is 2.19. The van der Waals surface area contributed by atoms with Crippen molar-refractivity contribution in [2.24, 2.45) is 0 Å². The number of benzene rings is 3. The molecule has 0 fully saturated rings. The average Bonchev–Trinajstić information content (AvgIpc) is 3.43. The lowest BCUT2D eigenvalue weighted by Crippen LogP contribution is -2.31. The molecule has 21 heteroatoms. The number of unbranched alkanes of at least 4 members (excludes halogenated alkanes) is 4. The van der Waals surface area contributed by atoms with Crippen molar-refractivity contribution in [1.29, 1.82) is 0 Å². The second-order valence-electron chi connectivity index (χ2n) is 17.1. The van der Waals surface area contributed by atoms with E-state index in [0.717, 1.165) is 36.0 Å². The van der Waals surface area contributed by atoms with E-state index in [1.54, 1.807) is 0 Å². The molecule has 3 heterocycles. The molecule has 3 aromatic heterocycles. The van der Waals surface area contributed by atoms with E-state index >= 15 is 0 Å². The number of carbonyl (C=O) groups is 3. The molecule has 6 aromatic rings. The largest absolute Gasteiger partial charge is 0.483 e. The van der Waals surface area contributed by atoms with Crippen molar-refractivity contribution >= 4 is 17.7 Å². The molecule has 6 N–H and O–H groups in total. The second-order valence-corrected chi connectivity index (χ2v) is 17.1. The van der Waals surface area contributed by atoms with Gasteiger partial charge >= 0.3 is 0 Å². The lowest BCUT2D eigenvalue weighted by atomic mass is 10.1. The predicted octanol–water partition coefficient (Wildman–Crippen LogP) is 4.08. The summed E-state index contributed by atoms with van der Waals surface area (Å²) in [5.74, 6) is -1.74. The van der Waals surface area contributed by atoms with Crippen LogP contribution in [0.25, 0.3) is 0 Å². The van der Waals surface area contributed by atoms with E-state index < -0.39 is 38.9 Å². The van der Waals surface area contributed by atoms with Crippen LogP contribution in [0.4, 0.5) is 0 Å². The number of rotatable bonds is 30. The molecule has 0 radical (unpaired) electrons. The maximum atomic E-state index is 13.2. The third kappa shape index (κ3) is 18.5. The number of nitro groups is 1. The molecule has 3 aromatic carbocycles. The second kappa shape index (κ2) is 32.0. The fourth-order valence-electron chi connectivity index (χ4n) is 7.70. The number of pyridine rings is 3. The van der Waals surface area contributed by atoms with Crippen LogP contribution < -0.4 is 46.4 Å². The summed E-state index contributed by atoms with van der Waals surface area (Å²) in [5.41, 5.74) is 1.37. The summed E-state index contributed by atoms with van der Waals surface area (Å²) in [5, 5.41) is 46.9. The minimum Gasteiger partial charge on any atom is -0.483 e. The molecule has 76 heavy (non-hydrogen) atoms. The van der Waals surface area contributed by atoms with E-state index in [2.05, 4.69) is 16.0 Å². The molecule has 0 aliphatic carbocycles. The molecule has 0 saturated carbocycles. The van der Waals surface area contributed by atoms with Gasteiger partial charge in [0.2, 0.25) is 22.8 Å². The van der Waals surface area contributed by atoms with Crippen molar-refractivity contribution in [3.8, 4) is 17.2 Å². The topological polar surface area (TPSA) is 285 Å². The number of ether oxygens (including phenoxy) is 3. The van der Waals surface area contributed by atoms with Crippen LogP contribution in [0.2, 0.25) is 0 Å². The van der Waals surface area contributed by atoms with E-state index in [-0.39, 0.29) is 113 Å². The molecule has 0 aliphatic heterocycles. The molecule has 0 saturated heterocycles. The van der Waals surface area contributed by atoms with Gasteiger partial charge in [-0.3, -0.25) is 38.9 Å². The molecule has 404 valence electrons. The van der Waals surface area contributed by atoms with Crippen molar-refractivity contribution in [3.63, 3.8) is 0 Å². The van der Waals surface area contributed by atoms with Gasteiger partial charge in [-0.15, -0.1) is 0 Å². The Morgan fingerprint density at radius 1 is 0.447 bits per heavy atom. The van der Waals surface area contributed by atoms with Crippen LogP contribution in [0.15, 0.2) is 142 Å². The Hall–Kier alpha value is -8.40. The van der Waals surface area contributed by atoms with Gasteiger partial charge in [0, 0.05) is 87.4 Å². The zero-order valence-electron chi connectivity index (χ0n) is 42.2. The van der Waals surface area contributed by atoms with E-state index in [9.17, 15) is 54.2 Å². The Morgan fingerprint density at radius 3 is 1.03 bits per heavy atom. The Morgan fingerprint density at radius 2 is 0.737 bits per heavy atom. The van der Waals surface area contributed by atoms with Crippen molar-refractivity contribution in [2.45, 2.75) is 78.0 Å². The monoisotopic (exact) mass is 1050 g/mol. The molecule has 3 amide bonds. The van der Waals surface area contributed by atoms with Gasteiger partial charge in [0.05, 0.1) is 19.8 Å². The molecule has 0 bridgehead atoms. The SMILES string of the molecule is O=C(NCCCCCCCNC(=O)c1c(OCc2ccccc2)c(=O)ccn1CCO)c1c(OCc2ccccc2)c(=O)ccn1CCO.O=C(NCCC[N+](=O)[O-])c1c(OCc2ccccc2)c(=O)ccn1CCO. The Labute approximate surface area is 438 Å². The standard InChI is InChI=1S/C37H44N4O8.C18H21N3O6/c42-24-22-40-20-16-30(44)34(48-26-28-12-6-4-7-13-28)32(40)36(46)38-18-10-2-1-3-11-19-39-37(47)33-35(31(45)17-21-41(33)23-25-43)49-27-29-14-8-5-9-15-29;22-12-11-20-10-7-15(23)17(27-13-14-5-2-1-3-6-14)16(20)18(24)19-8-4-9-21(25)26/h4-9,12-17,20-21,42-43H,1-3,10-11,18-19,22-27H2,(H,38,46)(H,39,47);1-3,5-7,10,22H,4,8-9,11-13H2,(H,19,24). The summed E-state index contributed by atoms with van der Waals surface area (Å²) in [7, 11) is 0. The van der Waals surface area contributed by atoms with E-state index in [1.807, 2.05) is 91.0 Å².